The van der Waals surface area contributed by atoms with Crippen LogP contribution in [0.15, 0.2) is 18.2 Å². The summed E-state index contributed by atoms with van der Waals surface area (Å²) in [4.78, 5) is 0. The molecule has 0 aliphatic carbocycles. The number of anilines is 1. The average molecular weight is 239 g/mol. The summed E-state index contributed by atoms with van der Waals surface area (Å²) < 4.78 is 18.7. The van der Waals surface area contributed by atoms with Crippen LogP contribution in [0.4, 0.5) is 10.1 Å². The first kappa shape index (κ1) is 12.4. The molecule has 1 fully saturated rings. The van der Waals surface area contributed by atoms with Gasteiger partial charge in [-0.05, 0) is 25.0 Å². The van der Waals surface area contributed by atoms with Crippen molar-refractivity contribution in [3.8, 4) is 0 Å². The predicted octanol–water partition coefficient (Wildman–Crippen LogP) is 0.0964. The summed E-state index contributed by atoms with van der Waals surface area (Å²) in [5, 5.41) is 21.0. The largest absolute Gasteiger partial charge is 0.491 e. The maximum atomic E-state index is 13.5. The van der Waals surface area contributed by atoms with Gasteiger partial charge < -0.3 is 20.1 Å². The van der Waals surface area contributed by atoms with E-state index in [0.717, 1.165) is 12.8 Å². The van der Waals surface area contributed by atoms with Crippen molar-refractivity contribution in [1.29, 1.82) is 0 Å². The molecule has 0 spiro atoms. The van der Waals surface area contributed by atoms with Crippen molar-refractivity contribution in [2.45, 2.75) is 18.9 Å². The van der Waals surface area contributed by atoms with Gasteiger partial charge in [-0.15, -0.1) is 0 Å². The van der Waals surface area contributed by atoms with E-state index < -0.39 is 12.9 Å². The predicted molar refractivity (Wildman–Crippen MR) is 63.7 cm³/mol. The van der Waals surface area contributed by atoms with Gasteiger partial charge >= 0.3 is 7.12 Å². The number of hydrogen-bond donors (Lipinski definition) is 3. The van der Waals surface area contributed by atoms with Crippen molar-refractivity contribution >= 4 is 18.3 Å². The molecule has 92 valence electrons. The zero-order valence-corrected chi connectivity index (χ0v) is 9.40. The van der Waals surface area contributed by atoms with Gasteiger partial charge in [0.1, 0.15) is 5.82 Å². The van der Waals surface area contributed by atoms with Crippen LogP contribution in [0.25, 0.3) is 0 Å². The number of rotatable bonds is 3. The van der Waals surface area contributed by atoms with Gasteiger partial charge in [0.25, 0.3) is 0 Å². The Morgan fingerprint density at radius 2 is 2.00 bits per heavy atom. The summed E-state index contributed by atoms with van der Waals surface area (Å²) in [5.41, 5.74) is 0.543. The minimum absolute atomic E-state index is 0.109. The Hall–Kier alpha value is -1.11. The van der Waals surface area contributed by atoms with E-state index in [2.05, 4.69) is 5.32 Å². The highest BCUT2D eigenvalue weighted by Crippen LogP contribution is 2.15. The highest BCUT2D eigenvalue weighted by atomic mass is 19.1. The Bertz CT molecular complexity index is 383. The van der Waals surface area contributed by atoms with E-state index in [9.17, 15) is 4.39 Å². The second kappa shape index (κ2) is 5.49. The standard InChI is InChI=1S/C11H15BFNO3/c13-11-7-9(1-2-10(11)12(15)16)14-8-3-5-17-6-4-8/h1-2,7-8,14-16H,3-6H2. The minimum Gasteiger partial charge on any atom is -0.423 e. The Kier molecular flexibility index (Phi) is 3.99. The van der Waals surface area contributed by atoms with Gasteiger partial charge in [0.15, 0.2) is 0 Å². The molecule has 4 nitrogen and oxygen atoms in total. The van der Waals surface area contributed by atoms with Crippen LogP contribution in [0.2, 0.25) is 0 Å². The summed E-state index contributed by atoms with van der Waals surface area (Å²) in [6.45, 7) is 1.43. The first-order valence-electron chi connectivity index (χ1n) is 5.66. The Balaban J connectivity index is 2.04. The quantitative estimate of drug-likeness (QED) is 0.654. The number of hydrogen-bond acceptors (Lipinski definition) is 4. The Labute approximate surface area is 99.6 Å². The molecule has 1 saturated heterocycles. The SMILES string of the molecule is OB(O)c1ccc(NC2CCOCC2)cc1F. The van der Waals surface area contributed by atoms with Crippen molar-refractivity contribution in [3.63, 3.8) is 0 Å². The molecule has 0 bridgehead atoms. The lowest BCUT2D eigenvalue weighted by Crippen LogP contribution is -2.33. The van der Waals surface area contributed by atoms with Crippen LogP contribution in [0, 0.1) is 5.82 Å². The minimum atomic E-state index is -1.77. The second-order valence-electron chi connectivity index (χ2n) is 4.14. The summed E-state index contributed by atoms with van der Waals surface area (Å²) in [6.07, 6.45) is 1.79. The normalized spacial score (nSPS) is 16.9. The number of nitrogens with one attached hydrogen (secondary N) is 1. The van der Waals surface area contributed by atoms with Crippen molar-refractivity contribution in [1.82, 2.24) is 0 Å². The molecule has 1 aliphatic rings. The molecule has 0 unspecified atom stereocenters. The Morgan fingerprint density at radius 1 is 1.29 bits per heavy atom. The van der Waals surface area contributed by atoms with E-state index in [-0.39, 0.29) is 11.5 Å². The third-order valence-corrected chi connectivity index (χ3v) is 2.87. The fourth-order valence-corrected chi connectivity index (χ4v) is 1.90. The average Bonchev–Trinajstić information content (AvgIpc) is 2.30. The van der Waals surface area contributed by atoms with E-state index in [4.69, 9.17) is 14.8 Å². The van der Waals surface area contributed by atoms with Crippen molar-refractivity contribution in [2.24, 2.45) is 0 Å². The van der Waals surface area contributed by atoms with Gasteiger partial charge in [-0.25, -0.2) is 4.39 Å². The maximum absolute atomic E-state index is 13.5. The van der Waals surface area contributed by atoms with Crippen molar-refractivity contribution < 1.29 is 19.2 Å². The Morgan fingerprint density at radius 3 is 2.59 bits per heavy atom. The van der Waals surface area contributed by atoms with Crippen molar-refractivity contribution in [3.05, 3.63) is 24.0 Å². The molecule has 0 atom stereocenters. The molecule has 1 aliphatic heterocycles. The van der Waals surface area contributed by atoms with E-state index in [1.54, 1.807) is 6.07 Å². The van der Waals surface area contributed by atoms with Crippen LogP contribution < -0.4 is 10.8 Å². The highest BCUT2D eigenvalue weighted by molar-refractivity contribution is 6.58. The lowest BCUT2D eigenvalue weighted by molar-refractivity contribution is 0.0904. The molecule has 2 rings (SSSR count). The molecule has 1 heterocycles. The molecule has 3 N–H and O–H groups in total. The number of ether oxygens (including phenoxy) is 1. The van der Waals surface area contributed by atoms with E-state index in [0.29, 0.717) is 18.9 Å². The molecule has 17 heavy (non-hydrogen) atoms. The third kappa shape index (κ3) is 3.18. The van der Waals surface area contributed by atoms with Crippen LogP contribution in [-0.4, -0.2) is 36.4 Å². The van der Waals surface area contributed by atoms with Crippen LogP contribution in [0.3, 0.4) is 0 Å². The molecule has 1 aromatic rings. The van der Waals surface area contributed by atoms with Gasteiger partial charge in [-0.1, -0.05) is 6.07 Å². The first-order chi connectivity index (χ1) is 8.16. The molecule has 0 aromatic heterocycles. The van der Waals surface area contributed by atoms with Gasteiger partial charge in [0.2, 0.25) is 0 Å². The van der Waals surface area contributed by atoms with Crippen molar-refractivity contribution in [2.75, 3.05) is 18.5 Å². The smallest absolute Gasteiger partial charge is 0.423 e. The lowest BCUT2D eigenvalue weighted by atomic mass is 9.80. The van der Waals surface area contributed by atoms with Crippen LogP contribution in [0.5, 0.6) is 0 Å². The second-order valence-corrected chi connectivity index (χ2v) is 4.14. The summed E-state index contributed by atoms with van der Waals surface area (Å²) in [6, 6.07) is 4.59. The summed E-state index contributed by atoms with van der Waals surface area (Å²) >= 11 is 0. The highest BCUT2D eigenvalue weighted by Gasteiger charge is 2.18. The van der Waals surface area contributed by atoms with E-state index in [1.807, 2.05) is 0 Å². The zero-order valence-electron chi connectivity index (χ0n) is 9.40. The van der Waals surface area contributed by atoms with Gasteiger partial charge in [-0.2, -0.15) is 0 Å². The topological polar surface area (TPSA) is 61.7 Å². The molecule has 6 heteroatoms. The lowest BCUT2D eigenvalue weighted by Gasteiger charge is -2.24. The number of halogens is 1. The molecular weight excluding hydrogens is 224 g/mol. The van der Waals surface area contributed by atoms with E-state index >= 15 is 0 Å². The van der Waals surface area contributed by atoms with Crippen LogP contribution in [0.1, 0.15) is 12.8 Å². The maximum Gasteiger partial charge on any atom is 0.491 e. The molecule has 0 amide bonds. The number of benzene rings is 1. The van der Waals surface area contributed by atoms with Gasteiger partial charge in [0, 0.05) is 30.4 Å². The molecule has 0 radical (unpaired) electrons. The third-order valence-electron chi connectivity index (χ3n) is 2.87. The molecule has 0 saturated carbocycles. The summed E-state index contributed by atoms with van der Waals surface area (Å²) in [7, 11) is -1.77. The molecule has 1 aromatic carbocycles. The fourth-order valence-electron chi connectivity index (χ4n) is 1.90. The molecular formula is C11H15BFNO3. The van der Waals surface area contributed by atoms with E-state index in [1.165, 1.54) is 12.1 Å². The summed E-state index contributed by atoms with van der Waals surface area (Å²) in [5.74, 6) is -0.614. The zero-order chi connectivity index (χ0) is 12.3. The van der Waals surface area contributed by atoms with Crippen LogP contribution in [-0.2, 0) is 4.74 Å². The van der Waals surface area contributed by atoms with Crippen LogP contribution >= 0.6 is 0 Å². The monoisotopic (exact) mass is 239 g/mol. The van der Waals surface area contributed by atoms with Gasteiger partial charge in [0.05, 0.1) is 0 Å². The first-order valence-corrected chi connectivity index (χ1v) is 5.66. The van der Waals surface area contributed by atoms with Gasteiger partial charge in [-0.3, -0.25) is 0 Å². The fraction of sp³-hybridized carbons (Fsp3) is 0.455.